The van der Waals surface area contributed by atoms with E-state index in [1.54, 1.807) is 0 Å². The van der Waals surface area contributed by atoms with Crippen LogP contribution in [0.5, 0.6) is 0 Å². The fraction of sp³-hybridized carbons (Fsp3) is 0.750. The third kappa shape index (κ3) is 0.789. The Balaban J connectivity index is 1.77. The highest BCUT2D eigenvalue weighted by Gasteiger charge is 2.89. The topological polar surface area (TPSA) is 20.2 Å². The number of aliphatic hydroxyl groups is 1. The lowest BCUT2D eigenvalue weighted by atomic mass is 9.75. The van der Waals surface area contributed by atoms with E-state index in [-0.39, 0.29) is 5.41 Å². The molecule has 0 bridgehead atoms. The van der Waals surface area contributed by atoms with Crippen LogP contribution in [0.1, 0.15) is 39.0 Å². The van der Waals surface area contributed by atoms with Crippen LogP contribution in [0.15, 0.2) is 24.8 Å². The van der Waals surface area contributed by atoms with E-state index in [0.29, 0.717) is 11.3 Å². The highest BCUT2D eigenvalue weighted by atomic mass is 16.3. The van der Waals surface area contributed by atoms with Gasteiger partial charge < -0.3 is 5.11 Å². The first-order valence-corrected chi connectivity index (χ1v) is 7.13. The van der Waals surface area contributed by atoms with E-state index in [4.69, 9.17) is 0 Å². The lowest BCUT2D eigenvalue weighted by molar-refractivity contribution is -0.0416. The molecule has 3 fully saturated rings. The highest BCUT2D eigenvalue weighted by molar-refractivity contribution is 5.45. The van der Waals surface area contributed by atoms with Gasteiger partial charge >= 0.3 is 0 Å². The summed E-state index contributed by atoms with van der Waals surface area (Å²) in [6.07, 6.45) is 12.3. The average molecular weight is 230 g/mol. The largest absolute Gasteiger partial charge is 0.389 e. The summed E-state index contributed by atoms with van der Waals surface area (Å²) in [4.78, 5) is 0. The van der Waals surface area contributed by atoms with Gasteiger partial charge in [-0.3, -0.25) is 0 Å². The molecule has 1 nitrogen and oxygen atoms in total. The Hall–Kier alpha value is -0.560. The van der Waals surface area contributed by atoms with Gasteiger partial charge in [-0.25, -0.2) is 0 Å². The molecule has 1 heteroatoms. The van der Waals surface area contributed by atoms with Crippen molar-refractivity contribution in [3.05, 3.63) is 24.8 Å². The van der Waals surface area contributed by atoms with Crippen LogP contribution < -0.4 is 0 Å². The summed E-state index contributed by atoms with van der Waals surface area (Å²) in [5.41, 5.74) is 0.261. The summed E-state index contributed by atoms with van der Waals surface area (Å²) < 4.78 is 0. The first-order valence-electron chi connectivity index (χ1n) is 7.13. The molecule has 0 aromatic rings. The van der Waals surface area contributed by atoms with Crippen LogP contribution in [-0.2, 0) is 0 Å². The summed E-state index contributed by atoms with van der Waals surface area (Å²) in [5.74, 6) is 2.22. The molecule has 1 spiro atoms. The van der Waals surface area contributed by atoms with Gasteiger partial charge in [0.1, 0.15) is 0 Å². The number of rotatable bonds is 3. The van der Waals surface area contributed by atoms with Crippen LogP contribution in [0.3, 0.4) is 0 Å². The molecule has 0 heterocycles. The molecular weight excluding hydrogens is 208 g/mol. The number of hydrogen-bond acceptors (Lipinski definition) is 1. The average Bonchev–Trinajstić information content (AvgIpc) is 2.51. The van der Waals surface area contributed by atoms with E-state index in [0.717, 1.165) is 31.1 Å². The van der Waals surface area contributed by atoms with Crippen molar-refractivity contribution in [2.75, 3.05) is 0 Å². The quantitative estimate of drug-likeness (QED) is 0.737. The standard InChI is InChI=1S/C16H22O/c1-3-4-8-15(17)9-7-12-10-11-5-6-13-14(11,2)16(12,13)15/h3,5-6,11-13,17H,1,4,7-10H2,2H3/t11-,12-,13-,14+,15-,16+/m0/s1. The molecule has 0 unspecified atom stereocenters. The van der Waals surface area contributed by atoms with E-state index < -0.39 is 5.60 Å². The molecule has 0 radical (unpaired) electrons. The van der Waals surface area contributed by atoms with Crippen LogP contribution in [0.4, 0.5) is 0 Å². The fourth-order valence-electron chi connectivity index (χ4n) is 6.36. The molecule has 17 heavy (non-hydrogen) atoms. The second kappa shape index (κ2) is 2.71. The van der Waals surface area contributed by atoms with Crippen molar-refractivity contribution in [2.24, 2.45) is 28.6 Å². The maximum Gasteiger partial charge on any atom is 0.0720 e. The van der Waals surface area contributed by atoms with Crippen molar-refractivity contribution < 1.29 is 5.11 Å². The summed E-state index contributed by atoms with van der Waals surface area (Å²) in [6, 6.07) is 0. The Morgan fingerprint density at radius 1 is 1.47 bits per heavy atom. The zero-order valence-corrected chi connectivity index (χ0v) is 10.7. The third-order valence-electron chi connectivity index (χ3n) is 6.87. The summed E-state index contributed by atoms with van der Waals surface area (Å²) in [5, 5.41) is 11.2. The first kappa shape index (κ1) is 10.4. The van der Waals surface area contributed by atoms with Crippen molar-refractivity contribution in [2.45, 2.75) is 44.6 Å². The molecule has 4 rings (SSSR count). The molecule has 0 aromatic heterocycles. The SMILES string of the molecule is C=CCC[C@]1(O)CC[C@H]2C[C@@H]3C=C[C@H]4[C@]3(C)[C@@]241. The monoisotopic (exact) mass is 230 g/mol. The summed E-state index contributed by atoms with van der Waals surface area (Å²) in [6.45, 7) is 6.25. The van der Waals surface area contributed by atoms with Gasteiger partial charge in [-0.05, 0) is 55.3 Å². The maximum absolute atomic E-state index is 11.2. The smallest absolute Gasteiger partial charge is 0.0720 e. The Labute approximate surface area is 104 Å². The predicted molar refractivity (Wildman–Crippen MR) is 68.4 cm³/mol. The molecular formula is C16H22O. The molecule has 0 saturated heterocycles. The number of allylic oxidation sites excluding steroid dienone is 3. The molecule has 4 aliphatic rings. The van der Waals surface area contributed by atoms with Crippen molar-refractivity contribution in [1.82, 2.24) is 0 Å². The van der Waals surface area contributed by atoms with Gasteiger partial charge in [0.05, 0.1) is 5.60 Å². The zero-order valence-electron chi connectivity index (χ0n) is 10.7. The Kier molecular flexibility index (Phi) is 1.66. The van der Waals surface area contributed by atoms with E-state index in [9.17, 15) is 5.11 Å². The third-order valence-corrected chi connectivity index (χ3v) is 6.87. The highest BCUT2D eigenvalue weighted by Crippen LogP contribution is 2.91. The number of hydrogen-bond donors (Lipinski definition) is 1. The van der Waals surface area contributed by atoms with Crippen molar-refractivity contribution >= 4 is 0 Å². The van der Waals surface area contributed by atoms with E-state index >= 15 is 0 Å². The Morgan fingerprint density at radius 2 is 2.29 bits per heavy atom. The van der Waals surface area contributed by atoms with Crippen molar-refractivity contribution in [1.29, 1.82) is 0 Å². The molecule has 6 atom stereocenters. The maximum atomic E-state index is 11.2. The molecule has 0 aliphatic heterocycles. The van der Waals surface area contributed by atoms with Gasteiger partial charge in [-0.1, -0.05) is 25.2 Å². The van der Waals surface area contributed by atoms with Crippen LogP contribution >= 0.6 is 0 Å². The van der Waals surface area contributed by atoms with Crippen LogP contribution in [0, 0.1) is 28.6 Å². The van der Waals surface area contributed by atoms with Gasteiger partial charge in [0.15, 0.2) is 0 Å². The lowest BCUT2D eigenvalue weighted by Gasteiger charge is -2.34. The van der Waals surface area contributed by atoms with Gasteiger partial charge in [0, 0.05) is 5.41 Å². The molecule has 1 N–H and O–H groups in total. The zero-order chi connectivity index (χ0) is 11.9. The minimum atomic E-state index is -0.398. The van der Waals surface area contributed by atoms with E-state index in [1.807, 2.05) is 6.08 Å². The van der Waals surface area contributed by atoms with Crippen molar-refractivity contribution in [3.63, 3.8) is 0 Å². The van der Waals surface area contributed by atoms with Gasteiger partial charge in [-0.2, -0.15) is 0 Å². The Bertz CT molecular complexity index is 425. The van der Waals surface area contributed by atoms with Gasteiger partial charge in [0.2, 0.25) is 0 Å². The first-order chi connectivity index (χ1) is 8.11. The van der Waals surface area contributed by atoms with Crippen LogP contribution in [0.2, 0.25) is 0 Å². The molecule has 92 valence electrons. The van der Waals surface area contributed by atoms with Crippen molar-refractivity contribution in [3.8, 4) is 0 Å². The van der Waals surface area contributed by atoms with Gasteiger partial charge in [-0.15, -0.1) is 6.58 Å². The lowest BCUT2D eigenvalue weighted by Crippen LogP contribution is -2.39. The minimum absolute atomic E-state index is 0.252. The normalized spacial score (nSPS) is 61.4. The fourth-order valence-corrected chi connectivity index (χ4v) is 6.36. The second-order valence-corrected chi connectivity index (χ2v) is 6.95. The molecule has 0 amide bonds. The van der Waals surface area contributed by atoms with Crippen LogP contribution in [-0.4, -0.2) is 10.7 Å². The Morgan fingerprint density at radius 3 is 3.00 bits per heavy atom. The van der Waals surface area contributed by atoms with Crippen LogP contribution in [0.25, 0.3) is 0 Å². The minimum Gasteiger partial charge on any atom is -0.389 e. The van der Waals surface area contributed by atoms with Gasteiger partial charge in [0.25, 0.3) is 0 Å². The second-order valence-electron chi connectivity index (χ2n) is 6.95. The molecule has 4 aliphatic carbocycles. The molecule has 3 saturated carbocycles. The molecule has 0 aromatic carbocycles. The van der Waals surface area contributed by atoms with E-state index in [1.165, 1.54) is 12.8 Å². The summed E-state index contributed by atoms with van der Waals surface area (Å²) in [7, 11) is 0. The van der Waals surface area contributed by atoms with E-state index in [2.05, 4.69) is 25.7 Å². The predicted octanol–water partition coefficient (Wildman–Crippen LogP) is 3.31. The summed E-state index contributed by atoms with van der Waals surface area (Å²) >= 11 is 0.